The third-order valence-electron chi connectivity index (χ3n) is 4.06. The first-order valence-electron chi connectivity index (χ1n) is 7.34. The summed E-state index contributed by atoms with van der Waals surface area (Å²) in [5.74, 6) is 1.28. The molecule has 0 spiro atoms. The third-order valence-corrected chi connectivity index (χ3v) is 5.06. The van der Waals surface area contributed by atoms with Crippen molar-refractivity contribution in [2.75, 3.05) is 38.0 Å². The van der Waals surface area contributed by atoms with Gasteiger partial charge in [0, 0.05) is 51.7 Å². The van der Waals surface area contributed by atoms with Gasteiger partial charge in [-0.05, 0) is 28.8 Å². The van der Waals surface area contributed by atoms with E-state index in [9.17, 15) is 9.46 Å². The van der Waals surface area contributed by atoms with Crippen LogP contribution in [0.2, 0.25) is 0 Å². The van der Waals surface area contributed by atoms with E-state index in [2.05, 4.69) is 0 Å². The molecule has 0 amide bonds. The second-order valence-electron chi connectivity index (χ2n) is 6.04. The Bertz CT molecular complexity index is 717. The van der Waals surface area contributed by atoms with Gasteiger partial charge in [-0.25, -0.2) is 0 Å². The minimum absolute atomic E-state index is 0.559. The Morgan fingerprint density at radius 1 is 0.913 bits per heavy atom. The Hall–Kier alpha value is -2.10. The molecule has 2 aromatic carbocycles. The lowest BCUT2D eigenvalue weighted by molar-refractivity contribution is 0.446. The molecular formula is C17H20N2O3P+. The molecule has 1 aliphatic heterocycles. The Morgan fingerprint density at radius 2 is 1.35 bits per heavy atom. The van der Waals surface area contributed by atoms with E-state index in [1.807, 2.05) is 74.4 Å². The van der Waals surface area contributed by atoms with Crippen LogP contribution in [0.15, 0.2) is 36.4 Å². The molecule has 1 heterocycles. The molecule has 5 nitrogen and oxygen atoms in total. The highest BCUT2D eigenvalue weighted by Crippen LogP contribution is 2.54. The Balaban J connectivity index is 2.15. The SMILES string of the molecule is CN(C)c1ccc2c(c1)Oc1cc(N(C)C)ccc1C2[P+](=O)O. The first kappa shape index (κ1) is 15.8. The monoisotopic (exact) mass is 331 g/mol. The molecule has 0 radical (unpaired) electrons. The van der Waals surface area contributed by atoms with E-state index in [-0.39, 0.29) is 0 Å². The van der Waals surface area contributed by atoms with E-state index >= 15 is 0 Å². The number of hydrogen-bond acceptors (Lipinski definition) is 4. The lowest BCUT2D eigenvalue weighted by Crippen LogP contribution is -2.13. The highest BCUT2D eigenvalue weighted by Gasteiger charge is 2.41. The van der Waals surface area contributed by atoms with Gasteiger partial charge >= 0.3 is 8.03 Å². The van der Waals surface area contributed by atoms with Crippen LogP contribution in [0, 0.1) is 0 Å². The van der Waals surface area contributed by atoms with Crippen LogP contribution in [0.5, 0.6) is 11.5 Å². The van der Waals surface area contributed by atoms with Crippen molar-refractivity contribution in [2.45, 2.75) is 5.66 Å². The Kier molecular flexibility index (Phi) is 4.00. The highest BCUT2D eigenvalue weighted by molar-refractivity contribution is 7.38. The van der Waals surface area contributed by atoms with Crippen LogP contribution in [-0.2, 0) is 4.57 Å². The van der Waals surface area contributed by atoms with Gasteiger partial charge in [0.05, 0.1) is 11.1 Å². The summed E-state index contributed by atoms with van der Waals surface area (Å²) in [6, 6.07) is 11.4. The second-order valence-corrected chi connectivity index (χ2v) is 7.16. The molecule has 23 heavy (non-hydrogen) atoms. The molecule has 1 unspecified atom stereocenters. The van der Waals surface area contributed by atoms with Gasteiger partial charge in [0.25, 0.3) is 0 Å². The summed E-state index contributed by atoms with van der Waals surface area (Å²) in [7, 11) is 5.41. The molecule has 0 saturated carbocycles. The summed E-state index contributed by atoms with van der Waals surface area (Å²) in [5, 5.41) is 0. The average molecular weight is 331 g/mol. The smallest absolute Gasteiger partial charge is 0.456 e. The molecule has 2 aromatic rings. The summed E-state index contributed by atoms with van der Waals surface area (Å²) >= 11 is 0. The molecule has 0 saturated heterocycles. The lowest BCUT2D eigenvalue weighted by atomic mass is 9.98. The summed E-state index contributed by atoms with van der Waals surface area (Å²) in [6.45, 7) is 0. The topological polar surface area (TPSA) is 53.0 Å². The maximum absolute atomic E-state index is 12.0. The van der Waals surface area contributed by atoms with Gasteiger partial charge in [-0.1, -0.05) is 0 Å². The van der Waals surface area contributed by atoms with Gasteiger partial charge in [0.15, 0.2) is 0 Å². The number of hydrogen-bond donors (Lipinski definition) is 1. The summed E-state index contributed by atoms with van der Waals surface area (Å²) in [5.41, 5.74) is 2.93. The zero-order valence-corrected chi connectivity index (χ0v) is 14.5. The lowest BCUT2D eigenvalue weighted by Gasteiger charge is -2.25. The van der Waals surface area contributed by atoms with Crippen LogP contribution in [0.25, 0.3) is 0 Å². The summed E-state index contributed by atoms with van der Waals surface area (Å²) in [4.78, 5) is 13.8. The molecule has 1 aliphatic rings. The van der Waals surface area contributed by atoms with Crippen molar-refractivity contribution in [2.24, 2.45) is 0 Å². The predicted molar refractivity (Wildman–Crippen MR) is 93.3 cm³/mol. The van der Waals surface area contributed by atoms with Crippen LogP contribution >= 0.6 is 8.03 Å². The van der Waals surface area contributed by atoms with Crippen molar-refractivity contribution < 1.29 is 14.2 Å². The maximum Gasteiger partial charge on any atom is 0.518 e. The first-order chi connectivity index (χ1) is 10.9. The number of rotatable bonds is 3. The van der Waals surface area contributed by atoms with Crippen LogP contribution in [-0.4, -0.2) is 33.1 Å². The molecule has 1 atom stereocenters. The quantitative estimate of drug-likeness (QED) is 0.868. The van der Waals surface area contributed by atoms with E-state index in [0.717, 1.165) is 22.5 Å². The van der Waals surface area contributed by atoms with Crippen molar-refractivity contribution in [3.63, 3.8) is 0 Å². The number of benzene rings is 2. The zero-order chi connectivity index (χ0) is 16.7. The molecular weight excluding hydrogens is 311 g/mol. The highest BCUT2D eigenvalue weighted by atomic mass is 31.1. The molecule has 3 rings (SSSR count). The average Bonchev–Trinajstić information content (AvgIpc) is 2.50. The zero-order valence-electron chi connectivity index (χ0n) is 13.6. The number of nitrogens with zero attached hydrogens (tertiary/aromatic N) is 2. The first-order valence-corrected chi connectivity index (χ1v) is 8.62. The molecule has 0 fully saturated rings. The third kappa shape index (κ3) is 2.78. The van der Waals surface area contributed by atoms with Crippen LogP contribution < -0.4 is 14.5 Å². The predicted octanol–water partition coefficient (Wildman–Crippen LogP) is 3.75. The van der Waals surface area contributed by atoms with Gasteiger partial charge in [-0.3, -0.25) is 0 Å². The van der Waals surface area contributed by atoms with Crippen LogP contribution in [0.3, 0.4) is 0 Å². The van der Waals surface area contributed by atoms with Crippen molar-refractivity contribution in [3.8, 4) is 11.5 Å². The van der Waals surface area contributed by atoms with Crippen molar-refractivity contribution in [1.29, 1.82) is 0 Å². The number of ether oxygens (including phenoxy) is 1. The largest absolute Gasteiger partial charge is 0.518 e. The Labute approximate surface area is 137 Å². The summed E-state index contributed by atoms with van der Waals surface area (Å²) < 4.78 is 18.0. The van der Waals surface area contributed by atoms with Crippen molar-refractivity contribution in [1.82, 2.24) is 0 Å². The molecule has 0 bridgehead atoms. The van der Waals surface area contributed by atoms with Gasteiger partial charge in [0.1, 0.15) is 11.5 Å². The molecule has 120 valence electrons. The number of fused-ring (bicyclic) bond motifs is 2. The van der Waals surface area contributed by atoms with Gasteiger partial charge in [-0.2, -0.15) is 4.89 Å². The molecule has 0 aliphatic carbocycles. The Morgan fingerprint density at radius 3 is 1.70 bits per heavy atom. The molecule has 0 aromatic heterocycles. The van der Waals surface area contributed by atoms with Crippen LogP contribution in [0.4, 0.5) is 11.4 Å². The fraction of sp³-hybridized carbons (Fsp3) is 0.294. The van der Waals surface area contributed by atoms with E-state index in [1.165, 1.54) is 0 Å². The number of anilines is 2. The van der Waals surface area contributed by atoms with Gasteiger partial charge in [0.2, 0.25) is 5.66 Å². The van der Waals surface area contributed by atoms with E-state index in [4.69, 9.17) is 4.74 Å². The summed E-state index contributed by atoms with van der Waals surface area (Å²) in [6.07, 6.45) is 0. The molecule has 1 N–H and O–H groups in total. The maximum atomic E-state index is 12.0. The van der Waals surface area contributed by atoms with Crippen molar-refractivity contribution >= 4 is 19.4 Å². The minimum atomic E-state index is -2.40. The van der Waals surface area contributed by atoms with Gasteiger partial charge in [-0.15, -0.1) is 0 Å². The standard InChI is InChI=1S/C17H19N2O3P/c1-18(2)11-5-7-13-15(9-11)22-16-10-12(19(3)4)6-8-14(16)17(13)23(20)21/h5-10,17H,1-4H3/p+1. The fourth-order valence-electron chi connectivity index (χ4n) is 2.75. The van der Waals surface area contributed by atoms with E-state index in [1.54, 1.807) is 0 Å². The molecule has 6 heteroatoms. The minimum Gasteiger partial charge on any atom is -0.456 e. The van der Waals surface area contributed by atoms with E-state index < -0.39 is 13.7 Å². The van der Waals surface area contributed by atoms with E-state index in [0.29, 0.717) is 11.5 Å². The fourth-order valence-corrected chi connectivity index (χ4v) is 3.66. The van der Waals surface area contributed by atoms with Gasteiger partial charge < -0.3 is 14.5 Å². The van der Waals surface area contributed by atoms with Crippen LogP contribution in [0.1, 0.15) is 16.8 Å². The second kappa shape index (κ2) is 5.84. The van der Waals surface area contributed by atoms with Crippen molar-refractivity contribution in [3.05, 3.63) is 47.5 Å². The normalized spacial score (nSPS) is 13.7.